The van der Waals surface area contributed by atoms with Gasteiger partial charge in [0, 0.05) is 30.6 Å². The number of rotatable bonds is 6. The SMILES string of the molecule is CN/C(=C\C=N)CN(C(=O)OC(C)(C)C)c1cc(Cl)nc2c(C(C)C)cnn12. The predicted molar refractivity (Wildman–Crippen MR) is 112 cm³/mol. The van der Waals surface area contributed by atoms with Crippen molar-refractivity contribution in [1.29, 1.82) is 5.41 Å². The summed E-state index contributed by atoms with van der Waals surface area (Å²) in [5.41, 5.74) is 1.49. The topological polar surface area (TPSA) is 95.6 Å². The predicted octanol–water partition coefficient (Wildman–Crippen LogP) is 4.00. The molecular formula is C19H27ClN6O2. The van der Waals surface area contributed by atoms with Gasteiger partial charge in [0.05, 0.1) is 12.7 Å². The third kappa shape index (κ3) is 5.01. The number of ether oxygens (including phenoxy) is 1. The number of allylic oxidation sites excluding steroid dienone is 1. The lowest BCUT2D eigenvalue weighted by atomic mass is 10.1. The molecule has 28 heavy (non-hydrogen) atoms. The molecule has 152 valence electrons. The van der Waals surface area contributed by atoms with E-state index < -0.39 is 11.7 Å². The summed E-state index contributed by atoms with van der Waals surface area (Å²) in [6.07, 6.45) is 3.90. The van der Waals surface area contributed by atoms with Gasteiger partial charge in [0.15, 0.2) is 5.65 Å². The number of likely N-dealkylation sites (N-methyl/N-ethyl adjacent to an activating group) is 1. The van der Waals surface area contributed by atoms with E-state index in [1.54, 1.807) is 50.7 Å². The Morgan fingerprint density at radius 1 is 1.46 bits per heavy atom. The van der Waals surface area contributed by atoms with Gasteiger partial charge in [0.2, 0.25) is 0 Å². The first-order valence-corrected chi connectivity index (χ1v) is 9.37. The van der Waals surface area contributed by atoms with E-state index in [1.807, 2.05) is 13.8 Å². The summed E-state index contributed by atoms with van der Waals surface area (Å²) < 4.78 is 7.18. The van der Waals surface area contributed by atoms with Crippen molar-refractivity contribution < 1.29 is 9.53 Å². The fourth-order valence-electron chi connectivity index (χ4n) is 2.58. The smallest absolute Gasteiger partial charge is 0.416 e. The van der Waals surface area contributed by atoms with Crippen molar-refractivity contribution in [2.75, 3.05) is 18.5 Å². The van der Waals surface area contributed by atoms with Crippen LogP contribution in [0.1, 0.15) is 46.1 Å². The molecule has 0 spiro atoms. The maximum Gasteiger partial charge on any atom is 0.416 e. The van der Waals surface area contributed by atoms with Crippen LogP contribution in [0.5, 0.6) is 0 Å². The Morgan fingerprint density at radius 3 is 2.68 bits per heavy atom. The van der Waals surface area contributed by atoms with Crippen molar-refractivity contribution >= 4 is 35.4 Å². The number of halogens is 1. The molecule has 9 heteroatoms. The van der Waals surface area contributed by atoms with E-state index in [-0.39, 0.29) is 17.6 Å². The number of aromatic nitrogens is 3. The molecule has 0 saturated carbocycles. The zero-order valence-corrected chi connectivity index (χ0v) is 17.8. The lowest BCUT2D eigenvalue weighted by molar-refractivity contribution is 0.0581. The van der Waals surface area contributed by atoms with E-state index in [0.717, 1.165) is 11.8 Å². The summed E-state index contributed by atoms with van der Waals surface area (Å²) in [7, 11) is 1.72. The molecule has 1 amide bonds. The van der Waals surface area contributed by atoms with Gasteiger partial charge in [0.25, 0.3) is 0 Å². The Bertz CT molecular complexity index is 898. The van der Waals surface area contributed by atoms with Crippen LogP contribution in [0.4, 0.5) is 10.6 Å². The third-order valence-electron chi connectivity index (χ3n) is 3.90. The summed E-state index contributed by atoms with van der Waals surface area (Å²) >= 11 is 6.27. The maximum atomic E-state index is 13.0. The van der Waals surface area contributed by atoms with Gasteiger partial charge in [-0.2, -0.15) is 9.61 Å². The molecule has 0 aliphatic carbocycles. The van der Waals surface area contributed by atoms with Gasteiger partial charge >= 0.3 is 6.09 Å². The average molecular weight is 407 g/mol. The molecule has 0 atom stereocenters. The van der Waals surface area contributed by atoms with E-state index in [2.05, 4.69) is 15.4 Å². The molecule has 0 saturated heterocycles. The number of hydrogen-bond acceptors (Lipinski definition) is 6. The molecule has 0 radical (unpaired) electrons. The Labute approximate surface area is 170 Å². The lowest BCUT2D eigenvalue weighted by Gasteiger charge is -2.28. The molecule has 0 fully saturated rings. The highest BCUT2D eigenvalue weighted by molar-refractivity contribution is 6.29. The Balaban J connectivity index is 2.63. The van der Waals surface area contributed by atoms with E-state index in [9.17, 15) is 4.79 Å². The number of amides is 1. The monoisotopic (exact) mass is 406 g/mol. The van der Waals surface area contributed by atoms with E-state index in [4.69, 9.17) is 21.7 Å². The molecule has 0 aromatic carbocycles. The number of fused-ring (bicyclic) bond motifs is 1. The van der Waals surface area contributed by atoms with Crippen LogP contribution in [0.25, 0.3) is 5.65 Å². The van der Waals surface area contributed by atoms with Crippen LogP contribution >= 0.6 is 11.6 Å². The molecule has 2 heterocycles. The van der Waals surface area contributed by atoms with Gasteiger partial charge in [-0.1, -0.05) is 25.4 Å². The third-order valence-corrected chi connectivity index (χ3v) is 4.09. The van der Waals surface area contributed by atoms with Crippen LogP contribution < -0.4 is 10.2 Å². The minimum atomic E-state index is -0.677. The normalized spacial score (nSPS) is 12.4. The van der Waals surface area contributed by atoms with Gasteiger partial charge < -0.3 is 15.5 Å². The van der Waals surface area contributed by atoms with Gasteiger partial charge in [-0.05, 0) is 32.8 Å². The van der Waals surface area contributed by atoms with E-state index >= 15 is 0 Å². The summed E-state index contributed by atoms with van der Waals surface area (Å²) in [4.78, 5) is 18.8. The van der Waals surface area contributed by atoms with E-state index in [0.29, 0.717) is 17.2 Å². The molecule has 0 unspecified atom stereocenters. The first kappa shape index (κ1) is 21.7. The summed E-state index contributed by atoms with van der Waals surface area (Å²) in [6, 6.07) is 1.58. The maximum absolute atomic E-state index is 13.0. The lowest BCUT2D eigenvalue weighted by Crippen LogP contribution is -2.40. The molecule has 0 aliphatic heterocycles. The van der Waals surface area contributed by atoms with E-state index in [1.165, 1.54) is 4.90 Å². The fraction of sp³-hybridized carbons (Fsp3) is 0.474. The van der Waals surface area contributed by atoms with Crippen molar-refractivity contribution in [2.45, 2.75) is 46.1 Å². The first-order chi connectivity index (χ1) is 13.1. The molecule has 2 aromatic heterocycles. The molecular weight excluding hydrogens is 380 g/mol. The summed E-state index contributed by atoms with van der Waals surface area (Å²) in [5.74, 6) is 0.624. The molecule has 2 rings (SSSR count). The van der Waals surface area contributed by atoms with Crippen LogP contribution in [0, 0.1) is 5.41 Å². The van der Waals surface area contributed by atoms with Crippen molar-refractivity contribution in [3.05, 3.63) is 34.8 Å². The average Bonchev–Trinajstić information content (AvgIpc) is 3.00. The molecule has 8 nitrogen and oxygen atoms in total. The second kappa shape index (κ2) is 8.60. The minimum absolute atomic E-state index is 0.146. The standard InChI is InChI=1S/C19H27ClN6O2/c1-12(2)14-10-23-26-16(9-15(20)24-17(14)26)25(11-13(22-6)7-8-21)18(27)28-19(3,4)5/h7-10,12,21-22H,11H2,1-6H3/b13-7-,21-8?. The Kier molecular flexibility index (Phi) is 6.66. The second-order valence-corrected chi connectivity index (χ2v) is 7.99. The van der Waals surface area contributed by atoms with Crippen LogP contribution in [0.15, 0.2) is 24.0 Å². The number of carbonyl (C=O) groups excluding carboxylic acids is 1. The van der Waals surface area contributed by atoms with Crippen LogP contribution in [0.3, 0.4) is 0 Å². The van der Waals surface area contributed by atoms with Crippen molar-refractivity contribution in [3.63, 3.8) is 0 Å². The van der Waals surface area contributed by atoms with Crippen molar-refractivity contribution in [1.82, 2.24) is 19.9 Å². The quantitative estimate of drug-likeness (QED) is 0.558. The number of hydrogen-bond donors (Lipinski definition) is 2. The largest absolute Gasteiger partial charge is 0.443 e. The van der Waals surface area contributed by atoms with Crippen LogP contribution in [-0.4, -0.2) is 46.1 Å². The van der Waals surface area contributed by atoms with Gasteiger partial charge in [-0.25, -0.2) is 9.78 Å². The number of anilines is 1. The van der Waals surface area contributed by atoms with Gasteiger partial charge in [-0.3, -0.25) is 4.90 Å². The molecule has 2 N–H and O–H groups in total. The zero-order valence-electron chi connectivity index (χ0n) is 17.1. The molecule has 2 aromatic rings. The first-order valence-electron chi connectivity index (χ1n) is 8.99. The summed E-state index contributed by atoms with van der Waals surface area (Å²) in [5, 5.41) is 15.0. The van der Waals surface area contributed by atoms with Crippen molar-refractivity contribution in [2.24, 2.45) is 0 Å². The van der Waals surface area contributed by atoms with Gasteiger partial charge in [-0.15, -0.1) is 0 Å². The second-order valence-electron chi connectivity index (χ2n) is 7.60. The fourth-order valence-corrected chi connectivity index (χ4v) is 2.75. The molecule has 0 bridgehead atoms. The highest BCUT2D eigenvalue weighted by Gasteiger charge is 2.27. The summed E-state index contributed by atoms with van der Waals surface area (Å²) in [6.45, 7) is 9.63. The number of carbonyl (C=O) groups is 1. The molecule has 0 aliphatic rings. The number of nitrogens with one attached hydrogen (secondary N) is 2. The minimum Gasteiger partial charge on any atom is -0.443 e. The van der Waals surface area contributed by atoms with Gasteiger partial charge in [0.1, 0.15) is 16.6 Å². The Morgan fingerprint density at radius 2 is 2.14 bits per heavy atom. The highest BCUT2D eigenvalue weighted by Crippen LogP contribution is 2.27. The van der Waals surface area contributed by atoms with Crippen LogP contribution in [0.2, 0.25) is 5.15 Å². The zero-order chi connectivity index (χ0) is 21.1. The van der Waals surface area contributed by atoms with Crippen molar-refractivity contribution in [3.8, 4) is 0 Å². The Hall–Kier alpha value is -2.61. The highest BCUT2D eigenvalue weighted by atomic mass is 35.5. The van der Waals surface area contributed by atoms with Crippen LogP contribution in [-0.2, 0) is 4.74 Å². The number of nitrogens with zero attached hydrogens (tertiary/aromatic N) is 4.